The molecule has 4 heteroatoms. The van der Waals surface area contributed by atoms with Gasteiger partial charge < -0.3 is 5.32 Å². The number of nitrogens with one attached hydrogen (secondary N) is 3. The van der Waals surface area contributed by atoms with Gasteiger partial charge in [-0.15, -0.1) is 0 Å². The summed E-state index contributed by atoms with van der Waals surface area (Å²) >= 11 is 4.84. The summed E-state index contributed by atoms with van der Waals surface area (Å²) in [5.74, 6) is 0. The summed E-state index contributed by atoms with van der Waals surface area (Å²) < 4.78 is 0. The lowest BCUT2D eigenvalue weighted by molar-refractivity contribution is 0.403. The Labute approximate surface area is 67.5 Å². The molecule has 0 aliphatic rings. The minimum Gasteiger partial charge on any atom is -0.365 e. The van der Waals surface area contributed by atoms with E-state index in [-0.39, 0.29) is 5.54 Å². The van der Waals surface area contributed by atoms with E-state index in [2.05, 4.69) is 36.9 Å². The van der Waals surface area contributed by atoms with Crippen LogP contribution in [-0.2, 0) is 0 Å². The standard InChI is InChI=1S/C6H15N3S/c1-6(2,3)9-8-5(10)7-4/h9H,1-4H3,(H2,7,8,10). The minimum absolute atomic E-state index is 0.0426. The van der Waals surface area contributed by atoms with Gasteiger partial charge in [-0.25, -0.2) is 5.43 Å². The lowest BCUT2D eigenvalue weighted by atomic mass is 10.1. The molecule has 0 saturated heterocycles. The average molecular weight is 161 g/mol. The first kappa shape index (κ1) is 9.65. The number of hydrogen-bond donors (Lipinski definition) is 3. The van der Waals surface area contributed by atoms with E-state index in [1.165, 1.54) is 0 Å². The minimum atomic E-state index is 0.0426. The molecule has 0 aromatic heterocycles. The molecule has 0 fully saturated rings. The highest BCUT2D eigenvalue weighted by atomic mass is 32.1. The molecule has 0 heterocycles. The maximum absolute atomic E-state index is 4.84. The first-order chi connectivity index (χ1) is 4.45. The fourth-order valence-corrected chi connectivity index (χ4v) is 0.358. The van der Waals surface area contributed by atoms with Crippen molar-refractivity contribution in [1.82, 2.24) is 16.2 Å². The van der Waals surface area contributed by atoms with E-state index < -0.39 is 0 Å². The largest absolute Gasteiger partial charge is 0.365 e. The Kier molecular flexibility index (Phi) is 3.60. The summed E-state index contributed by atoms with van der Waals surface area (Å²) in [5, 5.41) is 3.40. The van der Waals surface area contributed by atoms with Gasteiger partial charge in [-0.3, -0.25) is 5.43 Å². The van der Waals surface area contributed by atoms with E-state index in [9.17, 15) is 0 Å². The SMILES string of the molecule is CNC(=S)NNC(C)(C)C. The topological polar surface area (TPSA) is 36.1 Å². The summed E-state index contributed by atoms with van der Waals surface area (Å²) in [4.78, 5) is 0. The van der Waals surface area contributed by atoms with Crippen molar-refractivity contribution in [3.8, 4) is 0 Å². The average Bonchev–Trinajstić information content (AvgIpc) is 1.81. The zero-order valence-corrected chi connectivity index (χ0v) is 7.72. The molecule has 0 aromatic rings. The Morgan fingerprint density at radius 1 is 1.30 bits per heavy atom. The van der Waals surface area contributed by atoms with Crippen molar-refractivity contribution < 1.29 is 0 Å². The Morgan fingerprint density at radius 2 is 1.80 bits per heavy atom. The lowest BCUT2D eigenvalue weighted by Gasteiger charge is -2.21. The van der Waals surface area contributed by atoms with Crippen LogP contribution in [0.4, 0.5) is 0 Å². The quantitative estimate of drug-likeness (QED) is 0.384. The molecule has 60 valence electrons. The predicted molar refractivity (Wildman–Crippen MR) is 47.7 cm³/mol. The third kappa shape index (κ3) is 5.78. The Balaban J connectivity index is 3.46. The van der Waals surface area contributed by atoms with Crippen LogP contribution in [0.25, 0.3) is 0 Å². The summed E-state index contributed by atoms with van der Waals surface area (Å²) in [6, 6.07) is 0. The van der Waals surface area contributed by atoms with Gasteiger partial charge in [0.1, 0.15) is 0 Å². The van der Waals surface area contributed by atoms with Crippen LogP contribution >= 0.6 is 12.2 Å². The second-order valence-electron chi connectivity index (χ2n) is 3.08. The van der Waals surface area contributed by atoms with E-state index in [0.29, 0.717) is 5.11 Å². The van der Waals surface area contributed by atoms with Crippen LogP contribution in [0, 0.1) is 0 Å². The molecule has 0 saturated carbocycles. The molecular weight excluding hydrogens is 146 g/mol. The third-order valence-electron chi connectivity index (χ3n) is 0.778. The van der Waals surface area contributed by atoms with Crippen molar-refractivity contribution in [3.05, 3.63) is 0 Å². The van der Waals surface area contributed by atoms with Gasteiger partial charge in [-0.2, -0.15) is 0 Å². The Morgan fingerprint density at radius 3 is 2.10 bits per heavy atom. The molecule has 0 bridgehead atoms. The molecule has 3 nitrogen and oxygen atoms in total. The van der Waals surface area contributed by atoms with Gasteiger partial charge in [0.25, 0.3) is 0 Å². The lowest BCUT2D eigenvalue weighted by Crippen LogP contribution is -2.51. The summed E-state index contributed by atoms with van der Waals surface area (Å²) in [7, 11) is 1.78. The Bertz CT molecular complexity index is 117. The molecule has 0 aliphatic heterocycles. The summed E-state index contributed by atoms with van der Waals surface area (Å²) in [6.07, 6.45) is 0. The summed E-state index contributed by atoms with van der Waals surface area (Å²) in [6.45, 7) is 6.16. The first-order valence-corrected chi connectivity index (χ1v) is 3.61. The maximum atomic E-state index is 4.84. The second-order valence-corrected chi connectivity index (χ2v) is 3.49. The molecule has 0 aliphatic carbocycles. The van der Waals surface area contributed by atoms with Crippen molar-refractivity contribution in [2.45, 2.75) is 26.3 Å². The molecule has 0 amide bonds. The van der Waals surface area contributed by atoms with Gasteiger partial charge in [0, 0.05) is 12.6 Å². The zero-order valence-electron chi connectivity index (χ0n) is 6.91. The molecule has 0 unspecified atom stereocenters. The molecule has 0 rings (SSSR count). The molecule has 0 atom stereocenters. The predicted octanol–water partition coefficient (Wildman–Crippen LogP) is 0.383. The normalized spacial score (nSPS) is 10.8. The van der Waals surface area contributed by atoms with Crippen molar-refractivity contribution >= 4 is 17.3 Å². The van der Waals surface area contributed by atoms with Gasteiger partial charge in [0.2, 0.25) is 0 Å². The number of thiocarbonyl (C=S) groups is 1. The molecule has 0 radical (unpaired) electrons. The van der Waals surface area contributed by atoms with Gasteiger partial charge in [0.15, 0.2) is 5.11 Å². The van der Waals surface area contributed by atoms with E-state index in [1.54, 1.807) is 7.05 Å². The van der Waals surface area contributed by atoms with Crippen LogP contribution in [0.2, 0.25) is 0 Å². The molecule has 3 N–H and O–H groups in total. The highest BCUT2D eigenvalue weighted by molar-refractivity contribution is 7.80. The molecule has 0 aromatic carbocycles. The highest BCUT2D eigenvalue weighted by Crippen LogP contribution is 1.94. The van der Waals surface area contributed by atoms with E-state index in [0.717, 1.165) is 0 Å². The van der Waals surface area contributed by atoms with E-state index in [4.69, 9.17) is 12.2 Å². The van der Waals surface area contributed by atoms with Crippen LogP contribution in [0.3, 0.4) is 0 Å². The number of hydrazine groups is 1. The highest BCUT2D eigenvalue weighted by Gasteiger charge is 2.07. The molecule has 0 spiro atoms. The van der Waals surface area contributed by atoms with E-state index >= 15 is 0 Å². The maximum Gasteiger partial charge on any atom is 0.180 e. The van der Waals surface area contributed by atoms with Gasteiger partial charge in [-0.05, 0) is 33.0 Å². The van der Waals surface area contributed by atoms with Crippen molar-refractivity contribution in [2.75, 3.05) is 7.05 Å². The van der Waals surface area contributed by atoms with Crippen molar-refractivity contribution in [1.29, 1.82) is 0 Å². The monoisotopic (exact) mass is 161 g/mol. The Hall–Kier alpha value is -0.350. The fourth-order valence-electron chi connectivity index (χ4n) is 0.307. The smallest absolute Gasteiger partial charge is 0.180 e. The van der Waals surface area contributed by atoms with Gasteiger partial charge in [-0.1, -0.05) is 0 Å². The number of rotatable bonds is 1. The third-order valence-corrected chi connectivity index (χ3v) is 1.08. The molecular formula is C6H15N3S. The van der Waals surface area contributed by atoms with Crippen LogP contribution in [0.5, 0.6) is 0 Å². The summed E-state index contributed by atoms with van der Waals surface area (Å²) in [5.41, 5.74) is 5.90. The van der Waals surface area contributed by atoms with E-state index in [1.807, 2.05) is 0 Å². The van der Waals surface area contributed by atoms with Crippen LogP contribution in [-0.4, -0.2) is 17.7 Å². The van der Waals surface area contributed by atoms with Crippen LogP contribution in [0.1, 0.15) is 20.8 Å². The van der Waals surface area contributed by atoms with Crippen LogP contribution in [0.15, 0.2) is 0 Å². The van der Waals surface area contributed by atoms with Gasteiger partial charge >= 0.3 is 0 Å². The zero-order chi connectivity index (χ0) is 8.20. The fraction of sp³-hybridized carbons (Fsp3) is 0.833. The first-order valence-electron chi connectivity index (χ1n) is 3.20. The number of hydrogen-bond acceptors (Lipinski definition) is 2. The van der Waals surface area contributed by atoms with Crippen LogP contribution < -0.4 is 16.2 Å². The van der Waals surface area contributed by atoms with Gasteiger partial charge in [0.05, 0.1) is 0 Å². The molecule has 10 heavy (non-hydrogen) atoms. The van der Waals surface area contributed by atoms with Crippen molar-refractivity contribution in [2.24, 2.45) is 0 Å². The van der Waals surface area contributed by atoms with Crippen molar-refractivity contribution in [3.63, 3.8) is 0 Å². The second kappa shape index (κ2) is 3.73.